The first-order valence-corrected chi connectivity index (χ1v) is 10.1. The third kappa shape index (κ3) is 2.60. The summed E-state index contributed by atoms with van der Waals surface area (Å²) in [5.74, 6) is -0.444. The summed E-state index contributed by atoms with van der Waals surface area (Å²) in [6.07, 6.45) is 10.3. The molecular weight excluding hydrogens is 350 g/mol. The Bertz CT molecular complexity index is 1060. The van der Waals surface area contributed by atoms with Gasteiger partial charge in [0.15, 0.2) is 0 Å². The van der Waals surface area contributed by atoms with Crippen LogP contribution in [-0.4, -0.2) is 34.8 Å². The molecule has 3 aliphatic rings. The Kier molecular flexibility index (Phi) is 3.76. The maximum Gasteiger partial charge on any atom is 0.250 e. The van der Waals surface area contributed by atoms with E-state index in [1.54, 1.807) is 0 Å². The molecule has 3 N–H and O–H groups in total. The molecule has 2 heterocycles. The van der Waals surface area contributed by atoms with Gasteiger partial charge < -0.3 is 15.6 Å². The van der Waals surface area contributed by atoms with E-state index in [-0.39, 0.29) is 5.91 Å². The van der Waals surface area contributed by atoms with Crippen LogP contribution in [0.2, 0.25) is 0 Å². The van der Waals surface area contributed by atoms with Crippen molar-refractivity contribution in [3.05, 3.63) is 53.2 Å². The van der Waals surface area contributed by atoms with E-state index in [9.17, 15) is 9.59 Å². The van der Waals surface area contributed by atoms with Gasteiger partial charge in [-0.1, -0.05) is 18.7 Å². The molecule has 1 aromatic carbocycles. The zero-order chi connectivity index (χ0) is 19.5. The van der Waals surface area contributed by atoms with E-state index in [2.05, 4.69) is 17.6 Å². The first-order valence-electron chi connectivity index (χ1n) is 10.1. The van der Waals surface area contributed by atoms with E-state index in [0.29, 0.717) is 24.1 Å². The molecular formula is C23H25N3O2. The molecule has 0 unspecified atom stereocenters. The molecule has 0 saturated heterocycles. The molecule has 1 aliphatic heterocycles. The predicted molar refractivity (Wildman–Crippen MR) is 110 cm³/mol. The number of nitrogens with two attached hydrogens (primary N) is 1. The van der Waals surface area contributed by atoms with Crippen molar-refractivity contribution in [3.63, 3.8) is 0 Å². The van der Waals surface area contributed by atoms with Crippen LogP contribution in [0, 0.1) is 5.41 Å². The fourth-order valence-corrected chi connectivity index (χ4v) is 5.02. The summed E-state index contributed by atoms with van der Waals surface area (Å²) in [5, 5.41) is 1.14. The summed E-state index contributed by atoms with van der Waals surface area (Å²) in [6.45, 7) is 4.90. The molecule has 0 atom stereocenters. The Balaban J connectivity index is 1.67. The van der Waals surface area contributed by atoms with Crippen molar-refractivity contribution >= 4 is 28.3 Å². The van der Waals surface area contributed by atoms with Crippen LogP contribution in [-0.2, 0) is 17.6 Å². The van der Waals surface area contributed by atoms with Crippen molar-refractivity contribution in [1.82, 2.24) is 9.88 Å². The van der Waals surface area contributed by atoms with Gasteiger partial charge in [0.2, 0.25) is 5.91 Å². The van der Waals surface area contributed by atoms with E-state index >= 15 is 0 Å². The van der Waals surface area contributed by atoms with Gasteiger partial charge in [0.25, 0.3) is 5.91 Å². The smallest absolute Gasteiger partial charge is 0.250 e. The van der Waals surface area contributed by atoms with Crippen LogP contribution < -0.4 is 5.73 Å². The summed E-state index contributed by atoms with van der Waals surface area (Å²) >= 11 is 0. The minimum Gasteiger partial charge on any atom is -0.366 e. The van der Waals surface area contributed by atoms with Gasteiger partial charge in [-0.25, -0.2) is 0 Å². The lowest BCUT2D eigenvalue weighted by atomic mass is 9.82. The zero-order valence-corrected chi connectivity index (χ0v) is 16.0. The standard InChI is InChI=1S/C23H25N3O2/c1-2-19(27)26-11-3-4-14(13-26)15-5-6-16(22(24)28)21-20(15)17-12-23(9-10-23)8-7-18(17)25-21/h2,4-6,25H,1,3,7-13H2,(H2,24,28). The van der Waals surface area contributed by atoms with Crippen LogP contribution in [0.4, 0.5) is 0 Å². The Hall–Kier alpha value is -2.82. The fourth-order valence-electron chi connectivity index (χ4n) is 5.02. The molecule has 5 nitrogen and oxygen atoms in total. The fraction of sp³-hybridized carbons (Fsp3) is 0.391. The lowest BCUT2D eigenvalue weighted by Crippen LogP contribution is -2.34. The molecule has 2 aromatic rings. The van der Waals surface area contributed by atoms with Gasteiger partial charge in [0, 0.05) is 24.2 Å². The Morgan fingerprint density at radius 3 is 2.79 bits per heavy atom. The van der Waals surface area contributed by atoms with E-state index in [1.807, 2.05) is 17.0 Å². The third-order valence-corrected chi connectivity index (χ3v) is 6.81. The second kappa shape index (κ2) is 6.09. The lowest BCUT2D eigenvalue weighted by molar-refractivity contribution is -0.125. The maximum absolute atomic E-state index is 12.1. The summed E-state index contributed by atoms with van der Waals surface area (Å²) in [6, 6.07) is 3.84. The van der Waals surface area contributed by atoms with Gasteiger partial charge in [0.05, 0.1) is 11.1 Å². The number of nitrogens with zero attached hydrogens (tertiary/aromatic N) is 1. The van der Waals surface area contributed by atoms with Crippen molar-refractivity contribution < 1.29 is 9.59 Å². The van der Waals surface area contributed by atoms with E-state index in [1.165, 1.54) is 36.6 Å². The Morgan fingerprint density at radius 2 is 2.07 bits per heavy atom. The number of amides is 2. The molecule has 28 heavy (non-hydrogen) atoms. The zero-order valence-electron chi connectivity index (χ0n) is 16.0. The number of carbonyl (C=O) groups excluding carboxylic acids is 2. The van der Waals surface area contributed by atoms with Gasteiger partial charge in [-0.15, -0.1) is 0 Å². The first kappa shape index (κ1) is 17.3. The van der Waals surface area contributed by atoms with Crippen molar-refractivity contribution in [2.45, 2.75) is 38.5 Å². The number of aryl methyl sites for hydroxylation is 1. The number of hydrogen-bond donors (Lipinski definition) is 2. The molecule has 5 heteroatoms. The largest absolute Gasteiger partial charge is 0.366 e. The van der Waals surface area contributed by atoms with Gasteiger partial charge >= 0.3 is 0 Å². The number of aromatic amines is 1. The van der Waals surface area contributed by atoms with Crippen molar-refractivity contribution in [2.75, 3.05) is 13.1 Å². The molecule has 2 aliphatic carbocycles. The first-order chi connectivity index (χ1) is 13.5. The van der Waals surface area contributed by atoms with Crippen LogP contribution in [0.25, 0.3) is 16.5 Å². The van der Waals surface area contributed by atoms with E-state index in [0.717, 1.165) is 41.3 Å². The number of hydrogen-bond acceptors (Lipinski definition) is 2. The molecule has 5 rings (SSSR count). The lowest BCUT2D eigenvalue weighted by Gasteiger charge is -2.27. The highest BCUT2D eigenvalue weighted by molar-refractivity contribution is 6.09. The molecule has 0 bridgehead atoms. The maximum atomic E-state index is 12.1. The van der Waals surface area contributed by atoms with Crippen molar-refractivity contribution in [1.29, 1.82) is 0 Å². The Morgan fingerprint density at radius 1 is 1.25 bits per heavy atom. The Labute approximate surface area is 164 Å². The minimum absolute atomic E-state index is 0.0383. The molecule has 1 aromatic heterocycles. The number of aromatic nitrogens is 1. The van der Waals surface area contributed by atoms with E-state index < -0.39 is 5.91 Å². The van der Waals surface area contributed by atoms with Crippen molar-refractivity contribution in [3.8, 4) is 0 Å². The summed E-state index contributed by atoms with van der Waals surface area (Å²) in [4.78, 5) is 29.6. The summed E-state index contributed by atoms with van der Waals surface area (Å²) in [7, 11) is 0. The van der Waals surface area contributed by atoms with Crippen LogP contribution in [0.3, 0.4) is 0 Å². The van der Waals surface area contributed by atoms with Gasteiger partial charge in [-0.2, -0.15) is 0 Å². The average Bonchev–Trinajstić information content (AvgIpc) is 3.35. The predicted octanol–water partition coefficient (Wildman–Crippen LogP) is 3.34. The highest BCUT2D eigenvalue weighted by Gasteiger charge is 2.45. The van der Waals surface area contributed by atoms with Gasteiger partial charge in [0.1, 0.15) is 0 Å². The van der Waals surface area contributed by atoms with Crippen LogP contribution in [0.15, 0.2) is 30.9 Å². The topological polar surface area (TPSA) is 79.2 Å². The average molecular weight is 375 g/mol. The molecule has 0 radical (unpaired) electrons. The normalized spacial score (nSPS) is 20.0. The van der Waals surface area contributed by atoms with Crippen molar-refractivity contribution in [2.24, 2.45) is 11.1 Å². The van der Waals surface area contributed by atoms with Gasteiger partial charge in [-0.05, 0) is 72.8 Å². The van der Waals surface area contributed by atoms with Crippen LogP contribution in [0.1, 0.15) is 52.9 Å². The second-order valence-electron chi connectivity index (χ2n) is 8.52. The monoisotopic (exact) mass is 375 g/mol. The SMILES string of the molecule is C=CC(=O)N1CCC=C(c2ccc(C(N)=O)c3[nH]c4c(c23)CC2(CC4)CC2)C1. The third-order valence-electron chi connectivity index (χ3n) is 6.81. The number of primary amides is 1. The molecule has 2 amide bonds. The highest BCUT2D eigenvalue weighted by atomic mass is 16.2. The van der Waals surface area contributed by atoms with Crippen LogP contribution >= 0.6 is 0 Å². The molecule has 144 valence electrons. The van der Waals surface area contributed by atoms with Crippen LogP contribution in [0.5, 0.6) is 0 Å². The summed E-state index contributed by atoms with van der Waals surface area (Å²) in [5.41, 5.74) is 12.4. The summed E-state index contributed by atoms with van der Waals surface area (Å²) < 4.78 is 0. The van der Waals surface area contributed by atoms with E-state index in [4.69, 9.17) is 5.73 Å². The second-order valence-corrected chi connectivity index (χ2v) is 8.52. The number of fused-ring (bicyclic) bond motifs is 3. The number of carbonyl (C=O) groups is 2. The molecule has 1 fully saturated rings. The number of nitrogens with one attached hydrogen (secondary N) is 1. The van der Waals surface area contributed by atoms with Gasteiger partial charge in [-0.3, -0.25) is 9.59 Å². The molecule has 1 spiro atoms. The number of rotatable bonds is 3. The highest BCUT2D eigenvalue weighted by Crippen LogP contribution is 2.56. The number of benzene rings is 1. The minimum atomic E-state index is -0.405. The quantitative estimate of drug-likeness (QED) is 0.807. The molecule has 1 saturated carbocycles. The number of H-pyrrole nitrogens is 1.